The first-order valence-electron chi connectivity index (χ1n) is 8.25. The van der Waals surface area contributed by atoms with Gasteiger partial charge in [-0.3, -0.25) is 0 Å². The van der Waals surface area contributed by atoms with E-state index < -0.39 is 0 Å². The van der Waals surface area contributed by atoms with Gasteiger partial charge < -0.3 is 9.80 Å². The van der Waals surface area contributed by atoms with Crippen LogP contribution in [0, 0.1) is 0 Å². The molecule has 0 aromatic heterocycles. The molecule has 0 bridgehead atoms. The Kier molecular flexibility index (Phi) is 3.49. The summed E-state index contributed by atoms with van der Waals surface area (Å²) in [5.74, 6) is 0. The Morgan fingerprint density at radius 1 is 1.00 bits per heavy atom. The average Bonchev–Trinajstić information content (AvgIpc) is 2.59. The lowest BCUT2D eigenvalue weighted by Gasteiger charge is -2.35. The van der Waals surface area contributed by atoms with Gasteiger partial charge in [0.05, 0.1) is 22.8 Å². The molecular weight excluding hydrogens is 294 g/mol. The molecule has 0 radical (unpaired) electrons. The number of hydrogen-bond acceptors (Lipinski definition) is 3. The fourth-order valence-corrected chi connectivity index (χ4v) is 3.23. The van der Waals surface area contributed by atoms with Crippen molar-refractivity contribution in [3.05, 3.63) is 72.0 Å². The van der Waals surface area contributed by atoms with Crippen LogP contribution in [0.1, 0.15) is 13.3 Å². The third-order valence-corrected chi connectivity index (χ3v) is 4.49. The molecule has 3 heteroatoms. The van der Waals surface area contributed by atoms with E-state index in [4.69, 9.17) is 4.99 Å². The van der Waals surface area contributed by atoms with E-state index in [1.54, 1.807) is 0 Å². The SMILES string of the molecule is CC1=CC=C2C(=Nc3ccc(N(C)C)cc3N2c2ccccc2)C1. The molecule has 0 unspecified atom stereocenters. The van der Waals surface area contributed by atoms with Crippen molar-refractivity contribution in [1.82, 2.24) is 0 Å². The monoisotopic (exact) mass is 315 g/mol. The van der Waals surface area contributed by atoms with Crippen LogP contribution in [0.3, 0.4) is 0 Å². The van der Waals surface area contributed by atoms with Gasteiger partial charge in [-0.25, -0.2) is 4.99 Å². The van der Waals surface area contributed by atoms with Crippen LogP contribution in [0.4, 0.5) is 22.7 Å². The minimum atomic E-state index is 0.907. The molecule has 0 fully saturated rings. The van der Waals surface area contributed by atoms with Crippen LogP contribution in [0.15, 0.2) is 76.9 Å². The second-order valence-electron chi connectivity index (χ2n) is 6.54. The number of nitrogens with zero attached hydrogens (tertiary/aromatic N) is 3. The normalized spacial score (nSPS) is 15.8. The molecule has 4 rings (SSSR count). The second kappa shape index (κ2) is 5.68. The van der Waals surface area contributed by atoms with Crippen molar-refractivity contribution in [2.45, 2.75) is 13.3 Å². The van der Waals surface area contributed by atoms with Gasteiger partial charge in [0.15, 0.2) is 0 Å². The third kappa shape index (κ3) is 2.42. The molecule has 0 atom stereocenters. The molecule has 2 aromatic rings. The first kappa shape index (κ1) is 14.8. The molecule has 3 nitrogen and oxygen atoms in total. The van der Waals surface area contributed by atoms with E-state index >= 15 is 0 Å². The molecule has 0 N–H and O–H groups in total. The van der Waals surface area contributed by atoms with E-state index in [-0.39, 0.29) is 0 Å². The Balaban J connectivity index is 1.95. The summed E-state index contributed by atoms with van der Waals surface area (Å²) in [6, 6.07) is 17.0. The summed E-state index contributed by atoms with van der Waals surface area (Å²) in [4.78, 5) is 9.40. The highest BCUT2D eigenvalue weighted by atomic mass is 15.2. The summed E-state index contributed by atoms with van der Waals surface area (Å²) in [5, 5.41) is 0. The number of aliphatic imine (C=N–C) groups is 1. The Bertz CT molecular complexity index is 873. The van der Waals surface area contributed by atoms with Crippen molar-refractivity contribution in [3.63, 3.8) is 0 Å². The molecule has 24 heavy (non-hydrogen) atoms. The summed E-state index contributed by atoms with van der Waals surface area (Å²) in [6.07, 6.45) is 5.30. The van der Waals surface area contributed by atoms with E-state index in [0.29, 0.717) is 0 Å². The van der Waals surface area contributed by atoms with Crippen LogP contribution in [0.25, 0.3) is 0 Å². The van der Waals surface area contributed by atoms with Crippen LogP contribution in [-0.2, 0) is 0 Å². The third-order valence-electron chi connectivity index (χ3n) is 4.49. The molecule has 1 heterocycles. The van der Waals surface area contributed by atoms with Gasteiger partial charge in [0.1, 0.15) is 0 Å². The van der Waals surface area contributed by atoms with Gasteiger partial charge in [-0.1, -0.05) is 29.8 Å². The zero-order chi connectivity index (χ0) is 16.7. The first-order valence-corrected chi connectivity index (χ1v) is 8.25. The molecular formula is C21H21N3. The van der Waals surface area contributed by atoms with Crippen molar-refractivity contribution < 1.29 is 0 Å². The number of allylic oxidation sites excluding steroid dienone is 4. The van der Waals surface area contributed by atoms with Gasteiger partial charge in [0.2, 0.25) is 0 Å². The number of hydrogen-bond donors (Lipinski definition) is 0. The van der Waals surface area contributed by atoms with E-state index in [0.717, 1.165) is 23.5 Å². The summed E-state index contributed by atoms with van der Waals surface area (Å²) >= 11 is 0. The lowest BCUT2D eigenvalue weighted by Crippen LogP contribution is -2.27. The lowest BCUT2D eigenvalue weighted by molar-refractivity contribution is 1.10. The average molecular weight is 315 g/mol. The zero-order valence-electron chi connectivity index (χ0n) is 14.3. The summed E-state index contributed by atoms with van der Waals surface area (Å²) in [5.41, 5.74) is 8.18. The van der Waals surface area contributed by atoms with Gasteiger partial charge >= 0.3 is 0 Å². The molecule has 1 aliphatic heterocycles. The van der Waals surface area contributed by atoms with Gasteiger partial charge in [-0.05, 0) is 43.3 Å². The maximum atomic E-state index is 4.94. The van der Waals surface area contributed by atoms with Crippen LogP contribution in [0.2, 0.25) is 0 Å². The Labute approximate surface area is 143 Å². The number of rotatable bonds is 2. The predicted molar refractivity (Wildman–Crippen MR) is 103 cm³/mol. The Hall–Kier alpha value is -2.81. The van der Waals surface area contributed by atoms with Crippen LogP contribution in [-0.4, -0.2) is 19.8 Å². The van der Waals surface area contributed by atoms with E-state index in [2.05, 4.69) is 91.5 Å². The van der Waals surface area contributed by atoms with Gasteiger partial charge in [0, 0.05) is 31.9 Å². The van der Waals surface area contributed by atoms with E-state index in [9.17, 15) is 0 Å². The topological polar surface area (TPSA) is 18.8 Å². The highest BCUT2D eigenvalue weighted by molar-refractivity contribution is 6.12. The van der Waals surface area contributed by atoms with Crippen LogP contribution >= 0.6 is 0 Å². The molecule has 1 aliphatic carbocycles. The summed E-state index contributed by atoms with van der Waals surface area (Å²) in [6.45, 7) is 2.16. The maximum Gasteiger partial charge on any atom is 0.0876 e. The van der Waals surface area contributed by atoms with Crippen molar-refractivity contribution in [1.29, 1.82) is 0 Å². The van der Waals surface area contributed by atoms with Gasteiger partial charge in [-0.2, -0.15) is 0 Å². The zero-order valence-corrected chi connectivity index (χ0v) is 14.3. The molecule has 0 saturated heterocycles. The predicted octanol–water partition coefficient (Wildman–Crippen LogP) is 5.21. The van der Waals surface area contributed by atoms with Crippen LogP contribution in [0.5, 0.6) is 0 Å². The molecule has 0 saturated carbocycles. The smallest absolute Gasteiger partial charge is 0.0876 e. The van der Waals surface area contributed by atoms with Gasteiger partial charge in [0.25, 0.3) is 0 Å². The first-order chi connectivity index (χ1) is 11.6. The number of anilines is 3. The lowest BCUT2D eigenvalue weighted by atomic mass is 9.97. The Morgan fingerprint density at radius 2 is 1.79 bits per heavy atom. The molecule has 0 spiro atoms. The van der Waals surface area contributed by atoms with Crippen molar-refractivity contribution in [3.8, 4) is 0 Å². The fraction of sp³-hybridized carbons (Fsp3) is 0.190. The highest BCUT2D eigenvalue weighted by Gasteiger charge is 2.27. The molecule has 120 valence electrons. The maximum absolute atomic E-state index is 4.94. The fourth-order valence-electron chi connectivity index (χ4n) is 3.23. The molecule has 2 aliphatic rings. The summed E-state index contributed by atoms with van der Waals surface area (Å²) < 4.78 is 0. The largest absolute Gasteiger partial charge is 0.378 e. The Morgan fingerprint density at radius 3 is 2.54 bits per heavy atom. The highest BCUT2D eigenvalue weighted by Crippen LogP contribution is 2.44. The molecule has 2 aromatic carbocycles. The summed E-state index contributed by atoms with van der Waals surface area (Å²) in [7, 11) is 4.14. The quantitative estimate of drug-likeness (QED) is 0.757. The number of benzene rings is 2. The van der Waals surface area contributed by atoms with E-state index in [1.165, 1.54) is 22.6 Å². The van der Waals surface area contributed by atoms with Crippen molar-refractivity contribution >= 4 is 28.5 Å². The minimum absolute atomic E-state index is 0.907. The number of fused-ring (bicyclic) bond motifs is 2. The van der Waals surface area contributed by atoms with Crippen LogP contribution < -0.4 is 9.80 Å². The number of para-hydroxylation sites is 1. The molecule has 0 amide bonds. The minimum Gasteiger partial charge on any atom is -0.378 e. The second-order valence-corrected chi connectivity index (χ2v) is 6.54. The van der Waals surface area contributed by atoms with Gasteiger partial charge in [-0.15, -0.1) is 0 Å². The standard InChI is InChI=1S/C21H21N3/c1-15-9-12-20-19(13-15)22-18-11-10-17(23(2)3)14-21(18)24(20)16-7-5-4-6-8-16/h4-12,14H,13H2,1-3H3. The van der Waals surface area contributed by atoms with E-state index in [1.807, 2.05) is 0 Å². The van der Waals surface area contributed by atoms with Crippen molar-refractivity contribution in [2.24, 2.45) is 4.99 Å². The van der Waals surface area contributed by atoms with Crippen molar-refractivity contribution in [2.75, 3.05) is 23.9 Å².